The summed E-state index contributed by atoms with van der Waals surface area (Å²) in [5.41, 5.74) is 1.30. The molecule has 23 heavy (non-hydrogen) atoms. The summed E-state index contributed by atoms with van der Waals surface area (Å²) in [6.45, 7) is 2.69. The van der Waals surface area contributed by atoms with Crippen LogP contribution in [0.2, 0.25) is 5.02 Å². The summed E-state index contributed by atoms with van der Waals surface area (Å²) in [6.07, 6.45) is 1.64. The summed E-state index contributed by atoms with van der Waals surface area (Å²) in [6, 6.07) is 8.29. The third-order valence-corrected chi connectivity index (χ3v) is 3.31. The van der Waals surface area contributed by atoms with Crippen LogP contribution in [-0.4, -0.2) is 24.7 Å². The molecule has 2 N–H and O–H groups in total. The van der Waals surface area contributed by atoms with E-state index in [9.17, 15) is 4.79 Å². The second kappa shape index (κ2) is 8.24. The van der Waals surface area contributed by atoms with E-state index in [0.717, 1.165) is 5.56 Å². The number of carbonyl (C=O) groups excluding carboxylic acids is 1. The fourth-order valence-electron chi connectivity index (χ4n) is 1.89. The van der Waals surface area contributed by atoms with Gasteiger partial charge in [0.2, 0.25) is 5.88 Å². The SMILES string of the molecule is CCOc1ncccc1CNC(=O)Nc1ccc(OC)cc1Cl. The fourth-order valence-corrected chi connectivity index (χ4v) is 2.11. The maximum atomic E-state index is 12.0. The molecule has 1 aromatic heterocycles. The van der Waals surface area contributed by atoms with Crippen molar-refractivity contribution in [3.63, 3.8) is 0 Å². The monoisotopic (exact) mass is 335 g/mol. The van der Waals surface area contributed by atoms with Gasteiger partial charge in [-0.2, -0.15) is 0 Å². The van der Waals surface area contributed by atoms with E-state index < -0.39 is 0 Å². The number of halogens is 1. The first-order chi connectivity index (χ1) is 11.1. The second-order valence-corrected chi connectivity index (χ2v) is 4.96. The Morgan fingerprint density at radius 3 is 2.87 bits per heavy atom. The number of ether oxygens (including phenoxy) is 2. The molecular weight excluding hydrogens is 318 g/mol. The molecule has 1 aromatic carbocycles. The zero-order valence-corrected chi connectivity index (χ0v) is 13.7. The Morgan fingerprint density at radius 2 is 2.17 bits per heavy atom. The van der Waals surface area contributed by atoms with Gasteiger partial charge in [-0.1, -0.05) is 17.7 Å². The van der Waals surface area contributed by atoms with Gasteiger partial charge in [0.1, 0.15) is 5.75 Å². The van der Waals surface area contributed by atoms with Crippen molar-refractivity contribution < 1.29 is 14.3 Å². The van der Waals surface area contributed by atoms with Crippen molar-refractivity contribution in [3.05, 3.63) is 47.1 Å². The van der Waals surface area contributed by atoms with Gasteiger partial charge in [0.05, 0.1) is 24.4 Å². The number of amides is 2. The highest BCUT2D eigenvalue weighted by atomic mass is 35.5. The van der Waals surface area contributed by atoms with Crippen LogP contribution < -0.4 is 20.1 Å². The average Bonchev–Trinajstić information content (AvgIpc) is 2.56. The highest BCUT2D eigenvalue weighted by Crippen LogP contribution is 2.26. The van der Waals surface area contributed by atoms with Crippen LogP contribution in [0, 0.1) is 0 Å². The molecule has 0 radical (unpaired) electrons. The first-order valence-corrected chi connectivity index (χ1v) is 7.47. The molecule has 0 atom stereocenters. The van der Waals surface area contributed by atoms with Gasteiger partial charge in [0.15, 0.2) is 0 Å². The third-order valence-electron chi connectivity index (χ3n) is 2.99. The van der Waals surface area contributed by atoms with Crippen LogP contribution in [0.4, 0.5) is 10.5 Å². The number of methoxy groups -OCH3 is 1. The number of rotatable bonds is 6. The van der Waals surface area contributed by atoms with Crippen molar-refractivity contribution in [2.45, 2.75) is 13.5 Å². The van der Waals surface area contributed by atoms with E-state index in [2.05, 4.69) is 15.6 Å². The molecule has 1 heterocycles. The van der Waals surface area contributed by atoms with Gasteiger partial charge in [0.25, 0.3) is 0 Å². The lowest BCUT2D eigenvalue weighted by atomic mass is 10.2. The molecule has 0 saturated heterocycles. The largest absolute Gasteiger partial charge is 0.497 e. The van der Waals surface area contributed by atoms with Crippen LogP contribution in [0.25, 0.3) is 0 Å². The number of pyridine rings is 1. The molecule has 0 bridgehead atoms. The number of urea groups is 1. The number of nitrogens with zero attached hydrogens (tertiary/aromatic N) is 1. The molecule has 6 nitrogen and oxygen atoms in total. The smallest absolute Gasteiger partial charge is 0.319 e. The number of hydrogen-bond acceptors (Lipinski definition) is 4. The van der Waals surface area contributed by atoms with E-state index in [1.54, 1.807) is 37.6 Å². The molecule has 0 spiro atoms. The molecular formula is C16H18ClN3O3. The lowest BCUT2D eigenvalue weighted by Gasteiger charge is -2.12. The van der Waals surface area contributed by atoms with Gasteiger partial charge >= 0.3 is 6.03 Å². The molecule has 0 aliphatic carbocycles. The normalized spacial score (nSPS) is 10.0. The van der Waals surface area contributed by atoms with E-state index in [-0.39, 0.29) is 6.03 Å². The van der Waals surface area contributed by atoms with Crippen LogP contribution in [0.1, 0.15) is 12.5 Å². The Morgan fingerprint density at radius 1 is 1.35 bits per heavy atom. The van der Waals surface area contributed by atoms with Gasteiger partial charge in [-0.3, -0.25) is 0 Å². The molecule has 0 saturated carbocycles. The molecule has 0 aliphatic heterocycles. The average molecular weight is 336 g/mol. The predicted molar refractivity (Wildman–Crippen MR) is 89.3 cm³/mol. The van der Waals surface area contributed by atoms with E-state index >= 15 is 0 Å². The number of anilines is 1. The zero-order valence-electron chi connectivity index (χ0n) is 12.9. The van der Waals surface area contributed by atoms with Crippen LogP contribution in [0.15, 0.2) is 36.5 Å². The van der Waals surface area contributed by atoms with Gasteiger partial charge in [-0.15, -0.1) is 0 Å². The molecule has 0 fully saturated rings. The van der Waals surface area contributed by atoms with Crippen molar-refractivity contribution in [2.24, 2.45) is 0 Å². The molecule has 7 heteroatoms. The third kappa shape index (κ3) is 4.75. The minimum atomic E-state index is -0.372. The molecule has 0 unspecified atom stereocenters. The Hall–Kier alpha value is -2.47. The Kier molecular flexibility index (Phi) is 6.05. The van der Waals surface area contributed by atoms with Gasteiger partial charge < -0.3 is 20.1 Å². The quantitative estimate of drug-likeness (QED) is 0.848. The number of hydrogen-bond donors (Lipinski definition) is 2. The predicted octanol–water partition coefficient (Wildman–Crippen LogP) is 3.46. The lowest BCUT2D eigenvalue weighted by molar-refractivity contribution is 0.251. The van der Waals surface area contributed by atoms with E-state index in [4.69, 9.17) is 21.1 Å². The molecule has 2 aromatic rings. The summed E-state index contributed by atoms with van der Waals surface area (Å²) >= 11 is 6.08. The van der Waals surface area contributed by atoms with E-state index in [0.29, 0.717) is 35.5 Å². The minimum absolute atomic E-state index is 0.294. The first kappa shape index (κ1) is 16.9. The zero-order chi connectivity index (χ0) is 16.7. The summed E-state index contributed by atoms with van der Waals surface area (Å²) in [7, 11) is 1.55. The molecule has 2 amide bonds. The van der Waals surface area contributed by atoms with Crippen molar-refractivity contribution in [1.29, 1.82) is 0 Å². The first-order valence-electron chi connectivity index (χ1n) is 7.09. The number of benzene rings is 1. The highest BCUT2D eigenvalue weighted by molar-refractivity contribution is 6.33. The van der Waals surface area contributed by atoms with Gasteiger partial charge in [-0.05, 0) is 25.1 Å². The maximum Gasteiger partial charge on any atom is 0.319 e. The van der Waals surface area contributed by atoms with Crippen LogP contribution in [0.3, 0.4) is 0 Å². The van der Waals surface area contributed by atoms with Crippen molar-refractivity contribution in [3.8, 4) is 11.6 Å². The Labute approximate surface area is 139 Å². The minimum Gasteiger partial charge on any atom is -0.497 e. The van der Waals surface area contributed by atoms with Gasteiger partial charge in [-0.25, -0.2) is 9.78 Å². The Balaban J connectivity index is 1.95. The number of nitrogens with one attached hydrogen (secondary N) is 2. The van der Waals surface area contributed by atoms with Crippen molar-refractivity contribution >= 4 is 23.3 Å². The Bertz CT molecular complexity index is 679. The molecule has 122 valence electrons. The lowest BCUT2D eigenvalue weighted by Crippen LogP contribution is -2.28. The summed E-state index contributed by atoms with van der Waals surface area (Å²) in [5.74, 6) is 1.13. The summed E-state index contributed by atoms with van der Waals surface area (Å²) in [4.78, 5) is 16.1. The summed E-state index contributed by atoms with van der Waals surface area (Å²) < 4.78 is 10.5. The molecule has 0 aliphatic rings. The molecule has 2 rings (SSSR count). The maximum absolute atomic E-state index is 12.0. The summed E-state index contributed by atoms with van der Waals surface area (Å²) in [5, 5.41) is 5.83. The van der Waals surface area contributed by atoms with Crippen LogP contribution >= 0.6 is 11.6 Å². The van der Waals surface area contributed by atoms with E-state index in [1.807, 2.05) is 13.0 Å². The number of carbonyl (C=O) groups is 1. The van der Waals surface area contributed by atoms with E-state index in [1.165, 1.54) is 0 Å². The highest BCUT2D eigenvalue weighted by Gasteiger charge is 2.09. The topological polar surface area (TPSA) is 72.5 Å². The van der Waals surface area contributed by atoms with Crippen LogP contribution in [-0.2, 0) is 6.54 Å². The van der Waals surface area contributed by atoms with Gasteiger partial charge in [0, 0.05) is 24.4 Å². The second-order valence-electron chi connectivity index (χ2n) is 4.55. The fraction of sp³-hybridized carbons (Fsp3) is 0.250. The van der Waals surface area contributed by atoms with Crippen LogP contribution in [0.5, 0.6) is 11.6 Å². The standard InChI is InChI=1S/C16H18ClN3O3/c1-3-23-15-11(5-4-8-18-15)10-19-16(21)20-14-7-6-12(22-2)9-13(14)17/h4-9H,3,10H2,1-2H3,(H2,19,20,21). The number of aromatic nitrogens is 1. The van der Waals surface area contributed by atoms with Crippen molar-refractivity contribution in [1.82, 2.24) is 10.3 Å². The van der Waals surface area contributed by atoms with Crippen molar-refractivity contribution in [2.75, 3.05) is 19.0 Å².